The molecular formula is C10H15N3. The van der Waals surface area contributed by atoms with E-state index in [0.29, 0.717) is 5.84 Å². The molecule has 13 heavy (non-hydrogen) atoms. The van der Waals surface area contributed by atoms with Crippen molar-refractivity contribution in [3.63, 3.8) is 0 Å². The standard InChI is InChI=1S/C10H15N3/c1-7(2)10(12)13-9-5-3-8(11)4-6-9/h3-7H,11H2,1-2H3,(H2,12,13). The van der Waals surface area contributed by atoms with Crippen molar-refractivity contribution < 1.29 is 0 Å². The quantitative estimate of drug-likeness (QED) is 0.369. The van der Waals surface area contributed by atoms with Crippen molar-refractivity contribution in [3.05, 3.63) is 24.3 Å². The largest absolute Gasteiger partial charge is 0.399 e. The van der Waals surface area contributed by atoms with Crippen LogP contribution in [0.5, 0.6) is 0 Å². The second kappa shape index (κ2) is 3.94. The van der Waals surface area contributed by atoms with Crippen LogP contribution in [0.15, 0.2) is 24.3 Å². The zero-order valence-electron chi connectivity index (χ0n) is 7.96. The zero-order valence-corrected chi connectivity index (χ0v) is 7.96. The van der Waals surface area contributed by atoms with E-state index in [4.69, 9.17) is 11.1 Å². The van der Waals surface area contributed by atoms with Gasteiger partial charge in [-0.3, -0.25) is 5.41 Å². The number of hydrogen-bond acceptors (Lipinski definition) is 2. The lowest BCUT2D eigenvalue weighted by molar-refractivity contribution is 0.873. The van der Waals surface area contributed by atoms with Crippen LogP contribution in [0.25, 0.3) is 0 Å². The van der Waals surface area contributed by atoms with Crippen molar-refractivity contribution in [2.45, 2.75) is 13.8 Å². The molecule has 3 heteroatoms. The van der Waals surface area contributed by atoms with Crippen molar-refractivity contribution in [2.24, 2.45) is 5.92 Å². The first-order valence-corrected chi connectivity index (χ1v) is 4.30. The van der Waals surface area contributed by atoms with Gasteiger partial charge in [-0.15, -0.1) is 0 Å². The molecule has 0 radical (unpaired) electrons. The Morgan fingerprint density at radius 1 is 1.31 bits per heavy atom. The Hall–Kier alpha value is -1.51. The second-order valence-corrected chi connectivity index (χ2v) is 3.32. The lowest BCUT2D eigenvalue weighted by atomic mass is 10.2. The lowest BCUT2D eigenvalue weighted by Crippen LogP contribution is -2.16. The fourth-order valence-corrected chi connectivity index (χ4v) is 0.866. The molecule has 0 fully saturated rings. The first kappa shape index (κ1) is 9.58. The average Bonchev–Trinajstić information content (AvgIpc) is 2.08. The van der Waals surface area contributed by atoms with Gasteiger partial charge < -0.3 is 11.1 Å². The van der Waals surface area contributed by atoms with Crippen LogP contribution < -0.4 is 11.1 Å². The highest BCUT2D eigenvalue weighted by atomic mass is 14.9. The molecule has 0 amide bonds. The van der Waals surface area contributed by atoms with Gasteiger partial charge in [-0.25, -0.2) is 0 Å². The average molecular weight is 177 g/mol. The molecule has 0 aromatic heterocycles. The summed E-state index contributed by atoms with van der Waals surface area (Å²) in [5, 5.41) is 10.6. The Morgan fingerprint density at radius 3 is 2.31 bits per heavy atom. The number of rotatable bonds is 2. The molecule has 0 aliphatic carbocycles. The van der Waals surface area contributed by atoms with E-state index in [1.807, 2.05) is 38.1 Å². The van der Waals surface area contributed by atoms with Crippen LogP contribution in [0.1, 0.15) is 13.8 Å². The molecule has 0 heterocycles. The van der Waals surface area contributed by atoms with E-state index >= 15 is 0 Å². The summed E-state index contributed by atoms with van der Waals surface area (Å²) >= 11 is 0. The van der Waals surface area contributed by atoms with Crippen molar-refractivity contribution in [2.75, 3.05) is 11.1 Å². The monoisotopic (exact) mass is 177 g/mol. The minimum Gasteiger partial charge on any atom is -0.399 e. The fourth-order valence-electron chi connectivity index (χ4n) is 0.866. The van der Waals surface area contributed by atoms with E-state index in [0.717, 1.165) is 11.4 Å². The van der Waals surface area contributed by atoms with Crippen molar-refractivity contribution in [1.82, 2.24) is 0 Å². The molecule has 1 rings (SSSR count). The van der Waals surface area contributed by atoms with Gasteiger partial charge >= 0.3 is 0 Å². The van der Waals surface area contributed by atoms with Crippen molar-refractivity contribution >= 4 is 17.2 Å². The molecule has 4 N–H and O–H groups in total. The number of nitrogens with one attached hydrogen (secondary N) is 2. The predicted molar refractivity (Wildman–Crippen MR) is 57.0 cm³/mol. The lowest BCUT2D eigenvalue weighted by Gasteiger charge is -2.10. The summed E-state index contributed by atoms with van der Waals surface area (Å²) in [6.45, 7) is 3.96. The summed E-state index contributed by atoms with van der Waals surface area (Å²) in [4.78, 5) is 0. The van der Waals surface area contributed by atoms with Gasteiger partial charge in [0.2, 0.25) is 0 Å². The van der Waals surface area contributed by atoms with Crippen LogP contribution in [-0.2, 0) is 0 Å². The van der Waals surface area contributed by atoms with Crippen molar-refractivity contribution in [1.29, 1.82) is 5.41 Å². The highest BCUT2D eigenvalue weighted by Crippen LogP contribution is 2.11. The maximum Gasteiger partial charge on any atom is 0.100 e. The summed E-state index contributed by atoms with van der Waals surface area (Å²) in [5.41, 5.74) is 7.18. The first-order chi connectivity index (χ1) is 6.09. The second-order valence-electron chi connectivity index (χ2n) is 3.32. The fraction of sp³-hybridized carbons (Fsp3) is 0.300. The third-order valence-corrected chi connectivity index (χ3v) is 1.77. The molecular weight excluding hydrogens is 162 g/mol. The number of hydrogen-bond donors (Lipinski definition) is 3. The summed E-state index contributed by atoms with van der Waals surface area (Å²) in [6, 6.07) is 7.37. The number of nitrogens with two attached hydrogens (primary N) is 1. The minimum atomic E-state index is 0.220. The van der Waals surface area contributed by atoms with Crippen LogP contribution >= 0.6 is 0 Å². The first-order valence-electron chi connectivity index (χ1n) is 4.30. The van der Waals surface area contributed by atoms with Gasteiger partial charge in [0.15, 0.2) is 0 Å². The Kier molecular flexibility index (Phi) is 2.90. The molecule has 1 aromatic rings. The van der Waals surface area contributed by atoms with Gasteiger partial charge in [0.25, 0.3) is 0 Å². The summed E-state index contributed by atoms with van der Waals surface area (Å²) in [6.07, 6.45) is 0. The van der Waals surface area contributed by atoms with E-state index in [1.165, 1.54) is 0 Å². The van der Waals surface area contributed by atoms with E-state index in [2.05, 4.69) is 5.32 Å². The van der Waals surface area contributed by atoms with Gasteiger partial charge in [-0.1, -0.05) is 13.8 Å². The Morgan fingerprint density at radius 2 is 1.85 bits per heavy atom. The van der Waals surface area contributed by atoms with Crippen LogP contribution in [0.3, 0.4) is 0 Å². The van der Waals surface area contributed by atoms with Crippen LogP contribution in [-0.4, -0.2) is 5.84 Å². The molecule has 0 saturated carbocycles. The Bertz CT molecular complexity index is 288. The smallest absolute Gasteiger partial charge is 0.100 e. The molecule has 0 unspecified atom stereocenters. The van der Waals surface area contributed by atoms with Crippen molar-refractivity contribution in [3.8, 4) is 0 Å². The predicted octanol–water partition coefficient (Wildman–Crippen LogP) is 2.31. The molecule has 0 aliphatic rings. The number of amidine groups is 1. The van der Waals surface area contributed by atoms with E-state index in [1.54, 1.807) is 0 Å². The van der Waals surface area contributed by atoms with Crippen LogP contribution in [0, 0.1) is 11.3 Å². The van der Waals surface area contributed by atoms with E-state index in [9.17, 15) is 0 Å². The molecule has 0 spiro atoms. The zero-order chi connectivity index (χ0) is 9.84. The van der Waals surface area contributed by atoms with Gasteiger partial charge in [-0.05, 0) is 24.3 Å². The normalized spacial score (nSPS) is 10.1. The highest BCUT2D eigenvalue weighted by molar-refractivity contribution is 5.94. The van der Waals surface area contributed by atoms with Crippen LogP contribution in [0.4, 0.5) is 11.4 Å². The van der Waals surface area contributed by atoms with Gasteiger partial charge in [-0.2, -0.15) is 0 Å². The molecule has 1 aromatic carbocycles. The molecule has 0 atom stereocenters. The molecule has 0 saturated heterocycles. The van der Waals surface area contributed by atoms with Gasteiger partial charge in [0.05, 0.1) is 0 Å². The van der Waals surface area contributed by atoms with Crippen LogP contribution in [0.2, 0.25) is 0 Å². The maximum absolute atomic E-state index is 7.59. The Labute approximate surface area is 78.5 Å². The third-order valence-electron chi connectivity index (χ3n) is 1.77. The van der Waals surface area contributed by atoms with Gasteiger partial charge in [0.1, 0.15) is 5.84 Å². The van der Waals surface area contributed by atoms with Gasteiger partial charge in [0, 0.05) is 17.3 Å². The molecule has 0 aliphatic heterocycles. The number of nitrogen functional groups attached to an aromatic ring is 1. The summed E-state index contributed by atoms with van der Waals surface area (Å²) in [7, 11) is 0. The summed E-state index contributed by atoms with van der Waals surface area (Å²) in [5.74, 6) is 0.738. The third kappa shape index (κ3) is 2.78. The SMILES string of the molecule is CC(C)C(=N)Nc1ccc(N)cc1. The van der Waals surface area contributed by atoms with E-state index < -0.39 is 0 Å². The van der Waals surface area contributed by atoms with E-state index in [-0.39, 0.29) is 5.92 Å². The summed E-state index contributed by atoms with van der Waals surface area (Å²) < 4.78 is 0. The minimum absolute atomic E-state index is 0.220. The maximum atomic E-state index is 7.59. The topological polar surface area (TPSA) is 61.9 Å². The molecule has 3 nitrogen and oxygen atoms in total. The number of benzene rings is 1. The molecule has 0 bridgehead atoms. The highest BCUT2D eigenvalue weighted by Gasteiger charge is 2.01. The molecule has 70 valence electrons. The number of anilines is 2. The Balaban J connectivity index is 2.65.